The molecule has 2 heterocycles. The zero-order chi connectivity index (χ0) is 19.2. The highest BCUT2D eigenvalue weighted by Gasteiger charge is 2.34. The van der Waals surface area contributed by atoms with E-state index in [1.807, 2.05) is 24.3 Å². The van der Waals surface area contributed by atoms with Crippen LogP contribution in [-0.4, -0.2) is 42.5 Å². The van der Waals surface area contributed by atoms with Gasteiger partial charge in [-0.2, -0.15) is 0 Å². The molecule has 1 fully saturated rings. The largest absolute Gasteiger partial charge is 0.493 e. The fourth-order valence-electron chi connectivity index (χ4n) is 3.14. The summed E-state index contributed by atoms with van der Waals surface area (Å²) < 4.78 is 10.5. The van der Waals surface area contributed by atoms with Crippen molar-refractivity contribution in [1.82, 2.24) is 15.2 Å². The Hall–Kier alpha value is -3.09. The Morgan fingerprint density at radius 2 is 2.04 bits per heavy atom. The molecular weight excluding hydrogens is 346 g/mol. The number of likely N-dealkylation sites (tertiary alicyclic amines) is 1. The molecule has 142 valence electrons. The van der Waals surface area contributed by atoms with E-state index in [9.17, 15) is 9.59 Å². The number of carbonyl (C=O) groups excluding carboxylic acids is 2. The van der Waals surface area contributed by atoms with Crippen molar-refractivity contribution in [3.63, 3.8) is 0 Å². The van der Waals surface area contributed by atoms with E-state index in [-0.39, 0.29) is 24.2 Å². The molecule has 0 bridgehead atoms. The Bertz CT molecular complexity index is 810. The van der Waals surface area contributed by atoms with E-state index in [2.05, 4.69) is 10.3 Å². The summed E-state index contributed by atoms with van der Waals surface area (Å²) in [6.07, 6.45) is 3.66. The summed E-state index contributed by atoms with van der Waals surface area (Å²) in [5, 5.41) is 2.91. The molecule has 0 spiro atoms. The van der Waals surface area contributed by atoms with E-state index in [0.717, 1.165) is 11.1 Å². The van der Waals surface area contributed by atoms with Crippen molar-refractivity contribution in [2.45, 2.75) is 19.5 Å². The number of nitrogens with one attached hydrogen (secondary N) is 1. The number of methoxy groups -OCH3 is 2. The highest BCUT2D eigenvalue weighted by atomic mass is 16.5. The first-order valence-electron chi connectivity index (χ1n) is 8.76. The number of ether oxygens (including phenoxy) is 2. The van der Waals surface area contributed by atoms with Gasteiger partial charge >= 0.3 is 0 Å². The van der Waals surface area contributed by atoms with Crippen LogP contribution >= 0.6 is 0 Å². The van der Waals surface area contributed by atoms with E-state index in [1.165, 1.54) is 0 Å². The standard InChI is InChI=1S/C20H23N3O4/c1-26-17-6-5-14(8-18(17)27-2)11-22-20(25)16-9-19(24)23(13-16)12-15-4-3-7-21-10-15/h3-8,10,16H,9,11-13H2,1-2H3,(H,22,25). The van der Waals surface area contributed by atoms with Crippen LogP contribution in [0.4, 0.5) is 0 Å². The Kier molecular flexibility index (Phi) is 5.90. The van der Waals surface area contributed by atoms with Crippen LogP contribution in [-0.2, 0) is 22.7 Å². The molecule has 1 unspecified atom stereocenters. The van der Waals surface area contributed by atoms with Crippen LogP contribution in [0.5, 0.6) is 11.5 Å². The zero-order valence-electron chi connectivity index (χ0n) is 15.5. The van der Waals surface area contributed by atoms with Crippen LogP contribution < -0.4 is 14.8 Å². The van der Waals surface area contributed by atoms with Crippen molar-refractivity contribution in [1.29, 1.82) is 0 Å². The summed E-state index contributed by atoms with van der Waals surface area (Å²) in [5.74, 6) is 0.786. The topological polar surface area (TPSA) is 80.8 Å². The van der Waals surface area contributed by atoms with E-state index in [1.54, 1.807) is 37.6 Å². The maximum atomic E-state index is 12.5. The molecule has 2 aromatic rings. The highest BCUT2D eigenvalue weighted by Crippen LogP contribution is 2.27. The van der Waals surface area contributed by atoms with Gasteiger partial charge < -0.3 is 19.7 Å². The van der Waals surface area contributed by atoms with Gasteiger partial charge in [0.15, 0.2) is 11.5 Å². The number of carbonyl (C=O) groups is 2. The van der Waals surface area contributed by atoms with E-state index < -0.39 is 0 Å². The molecule has 1 aromatic heterocycles. The van der Waals surface area contributed by atoms with Gasteiger partial charge in [0.2, 0.25) is 11.8 Å². The van der Waals surface area contributed by atoms with Crippen LogP contribution in [0.1, 0.15) is 17.5 Å². The molecule has 1 aliphatic rings. The third-order valence-corrected chi connectivity index (χ3v) is 4.60. The number of aromatic nitrogens is 1. The van der Waals surface area contributed by atoms with Gasteiger partial charge in [-0.1, -0.05) is 12.1 Å². The summed E-state index contributed by atoms with van der Waals surface area (Å²) in [5.41, 5.74) is 1.86. The Balaban J connectivity index is 1.55. The number of amides is 2. The Labute approximate surface area is 158 Å². The molecule has 2 amide bonds. The number of hydrogen-bond donors (Lipinski definition) is 1. The summed E-state index contributed by atoms with van der Waals surface area (Å²) in [7, 11) is 3.15. The van der Waals surface area contributed by atoms with Crippen molar-refractivity contribution in [3.8, 4) is 11.5 Å². The number of hydrogen-bond acceptors (Lipinski definition) is 5. The molecule has 1 aromatic carbocycles. The zero-order valence-corrected chi connectivity index (χ0v) is 15.5. The lowest BCUT2D eigenvalue weighted by Gasteiger charge is -2.16. The summed E-state index contributed by atoms with van der Waals surface area (Å²) in [4.78, 5) is 30.5. The molecule has 27 heavy (non-hydrogen) atoms. The fourth-order valence-corrected chi connectivity index (χ4v) is 3.14. The van der Waals surface area contributed by atoms with Gasteiger partial charge in [0.05, 0.1) is 20.1 Å². The van der Waals surface area contributed by atoms with Gasteiger partial charge in [-0.3, -0.25) is 14.6 Å². The van der Waals surface area contributed by atoms with Crippen molar-refractivity contribution in [2.24, 2.45) is 5.92 Å². The minimum atomic E-state index is -0.339. The minimum Gasteiger partial charge on any atom is -0.493 e. The molecule has 1 aliphatic heterocycles. The fraction of sp³-hybridized carbons (Fsp3) is 0.350. The van der Waals surface area contributed by atoms with Gasteiger partial charge in [0.25, 0.3) is 0 Å². The second kappa shape index (κ2) is 8.53. The van der Waals surface area contributed by atoms with Crippen LogP contribution in [0.15, 0.2) is 42.7 Å². The maximum Gasteiger partial charge on any atom is 0.225 e. The van der Waals surface area contributed by atoms with Crippen molar-refractivity contribution >= 4 is 11.8 Å². The first-order valence-corrected chi connectivity index (χ1v) is 8.76. The van der Waals surface area contributed by atoms with Crippen molar-refractivity contribution in [3.05, 3.63) is 53.9 Å². The van der Waals surface area contributed by atoms with Gasteiger partial charge in [-0.15, -0.1) is 0 Å². The molecule has 7 nitrogen and oxygen atoms in total. The molecule has 7 heteroatoms. The number of benzene rings is 1. The summed E-state index contributed by atoms with van der Waals surface area (Å²) >= 11 is 0. The quantitative estimate of drug-likeness (QED) is 0.804. The number of rotatable bonds is 7. The molecule has 1 atom stereocenters. The highest BCUT2D eigenvalue weighted by molar-refractivity contribution is 5.89. The van der Waals surface area contributed by atoms with E-state index in [0.29, 0.717) is 31.1 Å². The molecule has 1 N–H and O–H groups in total. The minimum absolute atomic E-state index is 0.00915. The van der Waals surface area contributed by atoms with Crippen molar-refractivity contribution in [2.75, 3.05) is 20.8 Å². The lowest BCUT2D eigenvalue weighted by Crippen LogP contribution is -2.32. The van der Waals surface area contributed by atoms with Gasteiger partial charge in [-0.05, 0) is 29.3 Å². The summed E-state index contributed by atoms with van der Waals surface area (Å²) in [6.45, 7) is 1.27. The molecule has 0 saturated carbocycles. The maximum absolute atomic E-state index is 12.5. The molecule has 0 aliphatic carbocycles. The van der Waals surface area contributed by atoms with Gasteiger partial charge in [-0.25, -0.2) is 0 Å². The Morgan fingerprint density at radius 3 is 2.74 bits per heavy atom. The predicted octanol–water partition coefficient (Wildman–Crippen LogP) is 1.76. The first kappa shape index (κ1) is 18.7. The second-order valence-corrected chi connectivity index (χ2v) is 6.44. The Morgan fingerprint density at radius 1 is 1.22 bits per heavy atom. The average molecular weight is 369 g/mol. The molecule has 1 saturated heterocycles. The first-order chi connectivity index (χ1) is 13.1. The average Bonchev–Trinajstić information content (AvgIpc) is 3.07. The molecule has 3 rings (SSSR count). The third-order valence-electron chi connectivity index (χ3n) is 4.60. The van der Waals surface area contributed by atoms with Gasteiger partial charge in [0, 0.05) is 38.4 Å². The number of pyridine rings is 1. The third kappa shape index (κ3) is 4.55. The normalized spacial score (nSPS) is 16.3. The van der Waals surface area contributed by atoms with Crippen LogP contribution in [0.2, 0.25) is 0 Å². The van der Waals surface area contributed by atoms with Crippen LogP contribution in [0.25, 0.3) is 0 Å². The predicted molar refractivity (Wildman–Crippen MR) is 99.2 cm³/mol. The lowest BCUT2D eigenvalue weighted by atomic mass is 10.1. The lowest BCUT2D eigenvalue weighted by molar-refractivity contribution is -0.129. The number of nitrogens with zero attached hydrogens (tertiary/aromatic N) is 2. The van der Waals surface area contributed by atoms with Crippen molar-refractivity contribution < 1.29 is 19.1 Å². The monoisotopic (exact) mass is 369 g/mol. The SMILES string of the molecule is COc1ccc(CNC(=O)C2CC(=O)N(Cc3cccnc3)C2)cc1OC. The molecule has 0 radical (unpaired) electrons. The smallest absolute Gasteiger partial charge is 0.225 e. The molecular formula is C20H23N3O4. The van der Waals surface area contributed by atoms with E-state index >= 15 is 0 Å². The van der Waals surface area contributed by atoms with Crippen LogP contribution in [0, 0.1) is 5.92 Å². The van der Waals surface area contributed by atoms with E-state index in [4.69, 9.17) is 9.47 Å². The summed E-state index contributed by atoms with van der Waals surface area (Å²) in [6, 6.07) is 9.26. The van der Waals surface area contributed by atoms with Crippen LogP contribution in [0.3, 0.4) is 0 Å². The van der Waals surface area contributed by atoms with Gasteiger partial charge in [0.1, 0.15) is 0 Å². The second-order valence-electron chi connectivity index (χ2n) is 6.44.